The standard InChI is InChI=1S/C10H20N.ClH/c1-5-7-9-11(3,4)10-8-6-2;/h7-10H,5-6H2,1-4H3;1H/q+1;/p-1. The Morgan fingerprint density at radius 3 is 1.50 bits per heavy atom. The van der Waals surface area contributed by atoms with Gasteiger partial charge in [-0.15, -0.1) is 0 Å². The topological polar surface area (TPSA) is 0 Å². The number of halogens is 1. The van der Waals surface area contributed by atoms with Crippen LogP contribution in [0.2, 0.25) is 0 Å². The predicted octanol–water partition coefficient (Wildman–Crippen LogP) is -0.0858. The van der Waals surface area contributed by atoms with E-state index in [1.165, 1.54) is 0 Å². The van der Waals surface area contributed by atoms with Crippen molar-refractivity contribution in [2.75, 3.05) is 14.1 Å². The van der Waals surface area contributed by atoms with Crippen molar-refractivity contribution in [3.8, 4) is 0 Å². The van der Waals surface area contributed by atoms with Gasteiger partial charge in [0.15, 0.2) is 0 Å². The van der Waals surface area contributed by atoms with Gasteiger partial charge in [-0.2, -0.15) is 0 Å². The zero-order valence-corrected chi connectivity index (χ0v) is 9.30. The summed E-state index contributed by atoms with van der Waals surface area (Å²) in [5, 5.41) is 0. The fourth-order valence-electron chi connectivity index (χ4n) is 0.804. The first-order chi connectivity index (χ1) is 5.12. The Morgan fingerprint density at radius 2 is 1.25 bits per heavy atom. The monoisotopic (exact) mass is 189 g/mol. The van der Waals surface area contributed by atoms with E-state index < -0.39 is 0 Å². The van der Waals surface area contributed by atoms with Crippen molar-refractivity contribution in [2.24, 2.45) is 0 Å². The van der Waals surface area contributed by atoms with Crippen LogP contribution in [-0.2, 0) is 0 Å². The third kappa shape index (κ3) is 7.83. The number of rotatable bonds is 4. The van der Waals surface area contributed by atoms with Gasteiger partial charge in [0.25, 0.3) is 0 Å². The largest absolute Gasteiger partial charge is 1.00 e. The van der Waals surface area contributed by atoms with Gasteiger partial charge in [-0.25, -0.2) is 0 Å². The van der Waals surface area contributed by atoms with E-state index in [1.54, 1.807) is 0 Å². The first kappa shape index (κ1) is 14.3. The lowest BCUT2D eigenvalue weighted by atomic mass is 10.4. The Labute approximate surface area is 82.8 Å². The molecule has 0 aliphatic carbocycles. The molecule has 0 fully saturated rings. The summed E-state index contributed by atoms with van der Waals surface area (Å²) in [6, 6.07) is 0. The summed E-state index contributed by atoms with van der Waals surface area (Å²) in [4.78, 5) is 0. The maximum Gasteiger partial charge on any atom is 0.0959 e. The van der Waals surface area contributed by atoms with E-state index in [9.17, 15) is 0 Å². The quantitative estimate of drug-likeness (QED) is 0.543. The summed E-state index contributed by atoms with van der Waals surface area (Å²) in [5.41, 5.74) is 0. The van der Waals surface area contributed by atoms with Crippen LogP contribution >= 0.6 is 0 Å². The van der Waals surface area contributed by atoms with Gasteiger partial charge < -0.3 is 12.4 Å². The molecule has 0 heterocycles. The van der Waals surface area contributed by atoms with E-state index in [4.69, 9.17) is 0 Å². The highest BCUT2D eigenvalue weighted by Crippen LogP contribution is 2.01. The second-order valence-electron chi connectivity index (χ2n) is 3.22. The van der Waals surface area contributed by atoms with E-state index >= 15 is 0 Å². The normalized spacial score (nSPS) is 12.3. The van der Waals surface area contributed by atoms with Gasteiger partial charge in [-0.05, 0) is 25.0 Å². The van der Waals surface area contributed by atoms with Crippen LogP contribution in [-0.4, -0.2) is 18.6 Å². The van der Waals surface area contributed by atoms with Gasteiger partial charge >= 0.3 is 0 Å². The van der Waals surface area contributed by atoms with Crippen LogP contribution in [0.5, 0.6) is 0 Å². The Morgan fingerprint density at radius 1 is 0.917 bits per heavy atom. The number of allylic oxidation sites excluding steroid dienone is 2. The summed E-state index contributed by atoms with van der Waals surface area (Å²) in [6.45, 7) is 4.31. The van der Waals surface area contributed by atoms with Crippen molar-refractivity contribution in [1.82, 2.24) is 0 Å². The minimum atomic E-state index is 0. The molecule has 0 aromatic heterocycles. The van der Waals surface area contributed by atoms with Crippen molar-refractivity contribution in [3.05, 3.63) is 24.6 Å². The van der Waals surface area contributed by atoms with Gasteiger partial charge in [-0.1, -0.05) is 13.8 Å². The molecule has 0 aromatic carbocycles. The molecular weight excluding hydrogens is 170 g/mol. The van der Waals surface area contributed by atoms with Gasteiger partial charge in [0.2, 0.25) is 0 Å². The van der Waals surface area contributed by atoms with Crippen LogP contribution in [0.4, 0.5) is 0 Å². The maximum atomic E-state index is 2.20. The number of quaternary nitrogens is 1. The smallest absolute Gasteiger partial charge is 0.0959 e. The van der Waals surface area contributed by atoms with E-state index in [-0.39, 0.29) is 12.4 Å². The van der Waals surface area contributed by atoms with Gasteiger partial charge in [0.1, 0.15) is 0 Å². The highest BCUT2D eigenvalue weighted by Gasteiger charge is 2.03. The first-order valence-electron chi connectivity index (χ1n) is 4.31. The molecule has 72 valence electrons. The van der Waals surface area contributed by atoms with Gasteiger partial charge in [0.05, 0.1) is 26.5 Å². The highest BCUT2D eigenvalue weighted by atomic mass is 35.5. The second kappa shape index (κ2) is 7.38. The van der Waals surface area contributed by atoms with Crippen molar-refractivity contribution in [2.45, 2.75) is 26.7 Å². The van der Waals surface area contributed by atoms with E-state index in [0.29, 0.717) is 0 Å². The van der Waals surface area contributed by atoms with Crippen LogP contribution in [0.3, 0.4) is 0 Å². The molecule has 0 saturated carbocycles. The molecule has 0 bridgehead atoms. The van der Waals surface area contributed by atoms with Crippen molar-refractivity contribution < 1.29 is 16.9 Å². The third-order valence-electron chi connectivity index (χ3n) is 1.45. The van der Waals surface area contributed by atoms with E-state index in [1.807, 2.05) is 0 Å². The van der Waals surface area contributed by atoms with Crippen LogP contribution in [0.15, 0.2) is 24.6 Å². The second-order valence-corrected chi connectivity index (χ2v) is 3.22. The Kier molecular flexibility index (Phi) is 8.78. The van der Waals surface area contributed by atoms with Crippen LogP contribution in [0.1, 0.15) is 26.7 Å². The summed E-state index contributed by atoms with van der Waals surface area (Å²) in [6.07, 6.45) is 11.0. The fraction of sp³-hybridized carbons (Fsp3) is 0.600. The van der Waals surface area contributed by atoms with Crippen LogP contribution < -0.4 is 12.4 Å². The molecular formula is C10H20ClN. The van der Waals surface area contributed by atoms with Gasteiger partial charge in [-0.3, -0.25) is 4.48 Å². The molecule has 0 rings (SSSR count). The molecule has 1 nitrogen and oxygen atoms in total. The number of nitrogens with zero attached hydrogens (tertiary/aromatic N) is 1. The molecule has 0 saturated heterocycles. The lowest BCUT2D eigenvalue weighted by Crippen LogP contribution is -3.00. The molecule has 0 aromatic rings. The van der Waals surface area contributed by atoms with E-state index in [2.05, 4.69) is 52.5 Å². The molecule has 0 spiro atoms. The molecule has 0 atom stereocenters. The van der Waals surface area contributed by atoms with Crippen molar-refractivity contribution in [3.63, 3.8) is 0 Å². The number of hydrogen-bond acceptors (Lipinski definition) is 0. The number of hydrogen-bond donors (Lipinski definition) is 0. The van der Waals surface area contributed by atoms with Gasteiger partial charge in [0, 0.05) is 0 Å². The lowest BCUT2D eigenvalue weighted by molar-refractivity contribution is -0.784. The molecule has 0 amide bonds. The lowest BCUT2D eigenvalue weighted by Gasteiger charge is -2.18. The highest BCUT2D eigenvalue weighted by molar-refractivity contribution is 4.78. The summed E-state index contributed by atoms with van der Waals surface area (Å²) >= 11 is 0. The molecule has 0 radical (unpaired) electrons. The van der Waals surface area contributed by atoms with Crippen LogP contribution in [0.25, 0.3) is 0 Å². The van der Waals surface area contributed by atoms with Crippen molar-refractivity contribution in [1.29, 1.82) is 0 Å². The Bertz CT molecular complexity index is 132. The minimum Gasteiger partial charge on any atom is -1.00 e. The zero-order valence-electron chi connectivity index (χ0n) is 8.55. The summed E-state index contributed by atoms with van der Waals surface area (Å²) in [5.74, 6) is 0. The molecule has 12 heavy (non-hydrogen) atoms. The average molecular weight is 190 g/mol. The fourth-order valence-corrected chi connectivity index (χ4v) is 0.804. The maximum absolute atomic E-state index is 2.20. The Balaban J connectivity index is 0. The molecule has 0 aliphatic heterocycles. The summed E-state index contributed by atoms with van der Waals surface area (Å²) < 4.78 is 0.849. The van der Waals surface area contributed by atoms with Crippen LogP contribution in [0, 0.1) is 0 Å². The zero-order chi connectivity index (χ0) is 8.74. The molecule has 2 heteroatoms. The van der Waals surface area contributed by atoms with Crippen molar-refractivity contribution >= 4 is 0 Å². The van der Waals surface area contributed by atoms with E-state index in [0.717, 1.165) is 17.3 Å². The minimum absolute atomic E-state index is 0. The molecule has 0 unspecified atom stereocenters. The first-order valence-corrected chi connectivity index (χ1v) is 4.31. The molecule has 0 aliphatic rings. The third-order valence-corrected chi connectivity index (χ3v) is 1.45. The molecule has 0 N–H and O–H groups in total. The SMILES string of the molecule is CCC=C[N+](C)(C)C=CCC.[Cl-]. The Hall–Kier alpha value is -0.270. The summed E-state index contributed by atoms with van der Waals surface area (Å²) in [7, 11) is 4.33. The average Bonchev–Trinajstić information content (AvgIpc) is 1.97. The predicted molar refractivity (Wildman–Crippen MR) is 51.0 cm³/mol.